The summed E-state index contributed by atoms with van der Waals surface area (Å²) in [6, 6.07) is 4.90. The largest absolute Gasteiger partial charge is 0.402 e. The van der Waals surface area contributed by atoms with Crippen LogP contribution in [0.5, 0.6) is 0 Å². The van der Waals surface area contributed by atoms with Crippen LogP contribution in [0, 0.1) is 0 Å². The highest BCUT2D eigenvalue weighted by atomic mass is 35.5. The first-order valence-corrected chi connectivity index (χ1v) is 10.5. The highest BCUT2D eigenvalue weighted by Crippen LogP contribution is 2.30. The van der Waals surface area contributed by atoms with Gasteiger partial charge in [-0.3, -0.25) is 9.79 Å². The fourth-order valence-corrected chi connectivity index (χ4v) is 4.63. The van der Waals surface area contributed by atoms with Crippen molar-refractivity contribution in [1.82, 2.24) is 9.88 Å². The number of nitrogens with zero attached hydrogens (tertiary/aromatic N) is 3. The molecule has 3 heterocycles. The quantitative estimate of drug-likeness (QED) is 0.753. The van der Waals surface area contributed by atoms with Gasteiger partial charge in [-0.2, -0.15) is 0 Å². The van der Waals surface area contributed by atoms with Gasteiger partial charge in [-0.05, 0) is 31.0 Å². The average Bonchev–Trinajstić information content (AvgIpc) is 2.94. The van der Waals surface area contributed by atoms with E-state index in [4.69, 9.17) is 39.7 Å². The Hall–Kier alpha value is -2.09. The highest BCUT2D eigenvalue weighted by molar-refractivity contribution is 7.15. The van der Waals surface area contributed by atoms with Crippen LogP contribution in [0.1, 0.15) is 33.8 Å². The summed E-state index contributed by atoms with van der Waals surface area (Å²) in [5.74, 6) is -0.115. The summed E-state index contributed by atoms with van der Waals surface area (Å²) in [6.45, 7) is 1.62. The third-order valence-electron chi connectivity index (χ3n) is 4.90. The molecule has 9 heteroatoms. The van der Waals surface area contributed by atoms with E-state index in [1.807, 2.05) is 0 Å². The number of thiazole rings is 1. The maximum absolute atomic E-state index is 13.0. The van der Waals surface area contributed by atoms with Crippen LogP contribution >= 0.6 is 34.5 Å². The fourth-order valence-electron chi connectivity index (χ4n) is 3.46. The second-order valence-corrected chi connectivity index (χ2v) is 8.70. The van der Waals surface area contributed by atoms with Crippen molar-refractivity contribution < 1.29 is 4.79 Å². The van der Waals surface area contributed by atoms with Crippen LogP contribution in [0.2, 0.25) is 10.0 Å². The van der Waals surface area contributed by atoms with E-state index in [2.05, 4.69) is 4.98 Å². The van der Waals surface area contributed by atoms with E-state index in [1.165, 1.54) is 11.3 Å². The van der Waals surface area contributed by atoms with Gasteiger partial charge in [-0.25, -0.2) is 4.98 Å². The Morgan fingerprint density at radius 2 is 2.00 bits per heavy atom. The van der Waals surface area contributed by atoms with Crippen molar-refractivity contribution in [2.45, 2.75) is 19.3 Å². The van der Waals surface area contributed by atoms with Crippen molar-refractivity contribution in [3.63, 3.8) is 0 Å². The minimum atomic E-state index is -0.115. The smallest absolute Gasteiger partial charge is 0.254 e. The number of aromatic nitrogens is 1. The molecule has 6 nitrogen and oxygen atoms in total. The number of aliphatic imine (C=N–C) groups is 1. The van der Waals surface area contributed by atoms with Gasteiger partial charge in [-0.1, -0.05) is 23.2 Å². The second kappa shape index (κ2) is 7.73. The molecule has 0 unspecified atom stereocenters. The third-order valence-corrected chi connectivity index (χ3v) is 6.58. The molecule has 1 amide bonds. The highest BCUT2D eigenvalue weighted by Gasteiger charge is 2.29. The summed E-state index contributed by atoms with van der Waals surface area (Å²) >= 11 is 13.5. The molecule has 0 radical (unpaired) electrons. The number of anilines is 1. The van der Waals surface area contributed by atoms with Crippen molar-refractivity contribution in [3.05, 3.63) is 55.6 Å². The number of hydrogen-bond donors (Lipinski definition) is 2. The third kappa shape index (κ3) is 3.62. The van der Waals surface area contributed by atoms with Crippen molar-refractivity contribution in [2.24, 2.45) is 10.7 Å². The lowest BCUT2D eigenvalue weighted by molar-refractivity contribution is 0.0766. The van der Waals surface area contributed by atoms with Gasteiger partial charge in [0.2, 0.25) is 0 Å². The molecule has 0 saturated carbocycles. The summed E-state index contributed by atoms with van der Waals surface area (Å²) in [4.78, 5) is 25.1. The molecular formula is C19H19Cl2N5OS. The molecule has 0 aliphatic carbocycles. The van der Waals surface area contributed by atoms with Gasteiger partial charge in [-0.15, -0.1) is 11.3 Å². The van der Waals surface area contributed by atoms with E-state index in [-0.39, 0.29) is 5.91 Å². The number of hydrogen-bond acceptors (Lipinski definition) is 6. The molecular weight excluding hydrogens is 417 g/mol. The van der Waals surface area contributed by atoms with E-state index in [1.54, 1.807) is 23.1 Å². The molecule has 2 aromatic rings. The van der Waals surface area contributed by atoms with Crippen LogP contribution < -0.4 is 11.5 Å². The van der Waals surface area contributed by atoms with Crippen molar-refractivity contribution in [1.29, 1.82) is 0 Å². The summed E-state index contributed by atoms with van der Waals surface area (Å²) in [5.41, 5.74) is 15.9. The average molecular weight is 436 g/mol. The summed E-state index contributed by atoms with van der Waals surface area (Å²) in [5, 5.41) is 1.30. The number of amides is 1. The molecule has 28 heavy (non-hydrogen) atoms. The first kappa shape index (κ1) is 19.2. The zero-order valence-electron chi connectivity index (χ0n) is 15.0. The van der Waals surface area contributed by atoms with Gasteiger partial charge in [0, 0.05) is 47.8 Å². The molecule has 146 valence electrons. The van der Waals surface area contributed by atoms with Crippen molar-refractivity contribution in [2.75, 3.05) is 25.4 Å². The van der Waals surface area contributed by atoms with Crippen LogP contribution in [0.4, 0.5) is 5.13 Å². The molecule has 2 aliphatic heterocycles. The molecule has 4 N–H and O–H groups in total. The van der Waals surface area contributed by atoms with Crippen LogP contribution in [0.3, 0.4) is 0 Å². The van der Waals surface area contributed by atoms with Crippen molar-refractivity contribution in [3.8, 4) is 0 Å². The van der Waals surface area contributed by atoms with E-state index < -0.39 is 0 Å². The van der Waals surface area contributed by atoms with Crippen LogP contribution in [-0.4, -0.2) is 41.1 Å². The molecule has 0 saturated heterocycles. The first-order valence-electron chi connectivity index (χ1n) is 8.96. The van der Waals surface area contributed by atoms with E-state index in [0.29, 0.717) is 46.8 Å². The number of carbonyl (C=O) groups is 1. The first-order chi connectivity index (χ1) is 13.4. The van der Waals surface area contributed by atoms with Gasteiger partial charge in [0.05, 0.1) is 15.8 Å². The van der Waals surface area contributed by atoms with Gasteiger partial charge in [0.1, 0.15) is 5.69 Å². The Kier molecular flexibility index (Phi) is 5.31. The Morgan fingerprint density at radius 3 is 2.79 bits per heavy atom. The van der Waals surface area contributed by atoms with Gasteiger partial charge >= 0.3 is 0 Å². The van der Waals surface area contributed by atoms with Gasteiger partial charge in [0.25, 0.3) is 5.91 Å². The monoisotopic (exact) mass is 435 g/mol. The predicted octanol–water partition coefficient (Wildman–Crippen LogP) is 3.53. The van der Waals surface area contributed by atoms with E-state index in [9.17, 15) is 4.79 Å². The molecule has 0 spiro atoms. The fraction of sp³-hybridized carbons (Fsp3) is 0.316. The number of halogens is 2. The lowest BCUT2D eigenvalue weighted by Gasteiger charge is -2.30. The van der Waals surface area contributed by atoms with Crippen LogP contribution in [0.25, 0.3) is 0 Å². The number of rotatable bonds is 2. The Bertz CT molecular complexity index is 1010. The van der Waals surface area contributed by atoms with Crippen LogP contribution in [-0.2, 0) is 6.42 Å². The second-order valence-electron chi connectivity index (χ2n) is 6.77. The maximum atomic E-state index is 13.0. The molecule has 1 aromatic heterocycles. The summed E-state index contributed by atoms with van der Waals surface area (Å²) < 4.78 is 0. The van der Waals surface area contributed by atoms with Crippen molar-refractivity contribution >= 4 is 51.3 Å². The SMILES string of the molecule is NC1=C(C2=NCCCc3sc(N)nc32)CN(C(=O)c2ccc(Cl)c(Cl)c2)CC1. The number of nitrogen functional groups attached to an aromatic ring is 1. The number of aryl methyl sites for hydroxylation is 1. The Morgan fingerprint density at radius 1 is 1.18 bits per heavy atom. The summed E-state index contributed by atoms with van der Waals surface area (Å²) in [6.07, 6.45) is 2.42. The number of fused-ring (bicyclic) bond motifs is 1. The van der Waals surface area contributed by atoms with Crippen LogP contribution in [0.15, 0.2) is 34.5 Å². The molecule has 0 fully saturated rings. The number of carbonyl (C=O) groups excluding carboxylic acids is 1. The topological polar surface area (TPSA) is 97.6 Å². The lowest BCUT2D eigenvalue weighted by Crippen LogP contribution is -2.40. The van der Waals surface area contributed by atoms with Gasteiger partial charge in [0.15, 0.2) is 5.13 Å². The Labute approximate surface area is 176 Å². The zero-order valence-corrected chi connectivity index (χ0v) is 17.4. The molecule has 0 atom stereocenters. The van der Waals surface area contributed by atoms with E-state index in [0.717, 1.165) is 40.4 Å². The minimum absolute atomic E-state index is 0.115. The molecule has 4 rings (SSSR count). The van der Waals surface area contributed by atoms with E-state index >= 15 is 0 Å². The molecule has 0 bridgehead atoms. The number of benzene rings is 1. The normalized spacial score (nSPS) is 17.2. The number of nitrogens with two attached hydrogens (primary N) is 2. The standard InChI is InChI=1S/C19H19Cl2N5OS/c20-12-4-3-10(8-13(12)21)18(27)26-7-5-14(22)11(9-26)16-17-15(2-1-6-24-16)28-19(23)25-17/h3-4,8H,1-2,5-7,9,22H2,(H2,23,25). The lowest BCUT2D eigenvalue weighted by atomic mass is 9.98. The summed E-state index contributed by atoms with van der Waals surface area (Å²) in [7, 11) is 0. The molecule has 1 aromatic carbocycles. The van der Waals surface area contributed by atoms with Gasteiger partial charge < -0.3 is 16.4 Å². The zero-order chi connectivity index (χ0) is 19.8. The predicted molar refractivity (Wildman–Crippen MR) is 114 cm³/mol. The Balaban J connectivity index is 1.65. The maximum Gasteiger partial charge on any atom is 0.254 e. The minimum Gasteiger partial charge on any atom is -0.402 e. The molecule has 2 aliphatic rings.